The standard InChI is InChI=1S/2C5H6.2C4H10/c2*1-2-4-5-3-1;2*1-4(2)3/h2*1-4H,5H2;2*4H,1-3H3. The SMILES string of the molecule is C1=CCC=C1.C1=CCC=C1.CC(C)C.CC(C)C. The van der Waals surface area contributed by atoms with Crippen LogP contribution < -0.4 is 0 Å². The molecule has 0 radical (unpaired) electrons. The maximum atomic E-state index is 2.17. The second-order valence-corrected chi connectivity index (χ2v) is 5.65. The van der Waals surface area contributed by atoms with E-state index in [0.717, 1.165) is 24.7 Å². The predicted molar refractivity (Wildman–Crippen MR) is 86.8 cm³/mol. The molecule has 18 heavy (non-hydrogen) atoms. The minimum Gasteiger partial charge on any atom is -0.0808 e. The van der Waals surface area contributed by atoms with Crippen molar-refractivity contribution in [1.82, 2.24) is 0 Å². The molecule has 0 heterocycles. The molecule has 104 valence electrons. The lowest BCUT2D eigenvalue weighted by Crippen LogP contribution is -1.66. The Hall–Kier alpha value is -1.04. The van der Waals surface area contributed by atoms with E-state index in [-0.39, 0.29) is 0 Å². The topological polar surface area (TPSA) is 0 Å². The third-order valence-electron chi connectivity index (χ3n) is 1.31. The highest BCUT2D eigenvalue weighted by molar-refractivity contribution is 5.12. The van der Waals surface area contributed by atoms with E-state index in [1.807, 2.05) is 0 Å². The van der Waals surface area contributed by atoms with E-state index in [1.54, 1.807) is 0 Å². The molecule has 0 heteroatoms. The molecular formula is C18H32. The lowest BCUT2D eigenvalue weighted by molar-refractivity contribution is 0.736. The summed E-state index contributed by atoms with van der Waals surface area (Å²) in [5.41, 5.74) is 0. The predicted octanol–water partition coefficient (Wildman–Crippen LogP) is 6.33. The summed E-state index contributed by atoms with van der Waals surface area (Å²) in [7, 11) is 0. The molecule has 0 aromatic heterocycles. The molecule has 0 aromatic carbocycles. The van der Waals surface area contributed by atoms with Gasteiger partial charge >= 0.3 is 0 Å². The van der Waals surface area contributed by atoms with E-state index in [4.69, 9.17) is 0 Å². The highest BCUT2D eigenvalue weighted by atomic mass is 13.8. The lowest BCUT2D eigenvalue weighted by Gasteiger charge is -1.79. The van der Waals surface area contributed by atoms with Crippen molar-refractivity contribution in [2.45, 2.75) is 54.4 Å². The van der Waals surface area contributed by atoms with Crippen LogP contribution in [0.5, 0.6) is 0 Å². The molecule has 0 saturated carbocycles. The Balaban J connectivity index is 0. The third-order valence-corrected chi connectivity index (χ3v) is 1.31. The van der Waals surface area contributed by atoms with Gasteiger partial charge in [-0.3, -0.25) is 0 Å². The van der Waals surface area contributed by atoms with Crippen LogP contribution in [-0.2, 0) is 0 Å². The Bertz CT molecular complexity index is 196. The van der Waals surface area contributed by atoms with Gasteiger partial charge < -0.3 is 0 Å². The Morgan fingerprint density at radius 3 is 0.722 bits per heavy atom. The summed E-state index contributed by atoms with van der Waals surface area (Å²) >= 11 is 0. The Kier molecular flexibility index (Phi) is 17.1. The van der Waals surface area contributed by atoms with Gasteiger partial charge in [-0.25, -0.2) is 0 Å². The lowest BCUT2D eigenvalue weighted by atomic mass is 10.3. The van der Waals surface area contributed by atoms with E-state index in [9.17, 15) is 0 Å². The molecular weight excluding hydrogens is 216 g/mol. The van der Waals surface area contributed by atoms with Crippen molar-refractivity contribution >= 4 is 0 Å². The summed E-state index contributed by atoms with van der Waals surface area (Å²) in [5, 5.41) is 0. The van der Waals surface area contributed by atoms with E-state index < -0.39 is 0 Å². The Morgan fingerprint density at radius 1 is 0.500 bits per heavy atom. The van der Waals surface area contributed by atoms with E-state index in [1.165, 1.54) is 0 Å². The summed E-state index contributed by atoms with van der Waals surface area (Å²) in [6.07, 6.45) is 19.0. The van der Waals surface area contributed by atoms with Crippen LogP contribution in [0.25, 0.3) is 0 Å². The van der Waals surface area contributed by atoms with Crippen LogP contribution in [-0.4, -0.2) is 0 Å². The number of allylic oxidation sites excluding steroid dienone is 8. The molecule has 0 unspecified atom stereocenters. The number of hydrogen-bond acceptors (Lipinski definition) is 0. The van der Waals surface area contributed by atoms with Crippen LogP contribution in [0.4, 0.5) is 0 Å². The number of rotatable bonds is 0. The highest BCUT2D eigenvalue weighted by Crippen LogP contribution is 1.93. The summed E-state index contributed by atoms with van der Waals surface area (Å²) in [6, 6.07) is 0. The molecule has 0 amide bonds. The van der Waals surface area contributed by atoms with Crippen LogP contribution in [0.15, 0.2) is 48.6 Å². The molecule has 2 rings (SSSR count). The first-order valence-electron chi connectivity index (χ1n) is 7.10. The Labute approximate surface area is 115 Å². The maximum Gasteiger partial charge on any atom is -0.0163 e. The van der Waals surface area contributed by atoms with Crippen molar-refractivity contribution < 1.29 is 0 Å². The minimum absolute atomic E-state index is 0.833. The van der Waals surface area contributed by atoms with Crippen molar-refractivity contribution in [2.75, 3.05) is 0 Å². The van der Waals surface area contributed by atoms with Crippen LogP contribution >= 0.6 is 0 Å². The highest BCUT2D eigenvalue weighted by Gasteiger charge is 1.72. The van der Waals surface area contributed by atoms with Crippen molar-refractivity contribution in [3.8, 4) is 0 Å². The van der Waals surface area contributed by atoms with Gasteiger partial charge in [0.2, 0.25) is 0 Å². The zero-order valence-electron chi connectivity index (χ0n) is 13.2. The first kappa shape index (κ1) is 19.3. The first-order valence-corrected chi connectivity index (χ1v) is 7.10. The average Bonchev–Trinajstić information content (AvgIpc) is 2.96. The van der Waals surface area contributed by atoms with Crippen LogP contribution in [0, 0.1) is 11.8 Å². The van der Waals surface area contributed by atoms with Gasteiger partial charge in [0.15, 0.2) is 0 Å². The molecule has 0 aromatic rings. The first-order chi connectivity index (χ1) is 8.46. The van der Waals surface area contributed by atoms with Gasteiger partial charge in [-0.15, -0.1) is 0 Å². The van der Waals surface area contributed by atoms with Gasteiger partial charge in [-0.1, -0.05) is 90.2 Å². The summed E-state index contributed by atoms with van der Waals surface area (Å²) in [6.45, 7) is 13.0. The maximum absolute atomic E-state index is 2.17. The normalized spacial score (nSPS) is 13.8. The van der Waals surface area contributed by atoms with Crippen molar-refractivity contribution in [1.29, 1.82) is 0 Å². The summed E-state index contributed by atoms with van der Waals surface area (Å²) < 4.78 is 0. The smallest absolute Gasteiger partial charge is 0.0163 e. The fourth-order valence-corrected chi connectivity index (χ4v) is 0.786. The van der Waals surface area contributed by atoms with E-state index in [2.05, 4.69) is 90.2 Å². The largest absolute Gasteiger partial charge is 0.0808 e. The van der Waals surface area contributed by atoms with Gasteiger partial charge in [0.05, 0.1) is 0 Å². The van der Waals surface area contributed by atoms with Crippen molar-refractivity contribution in [3.05, 3.63) is 48.6 Å². The molecule has 0 saturated heterocycles. The molecule has 0 N–H and O–H groups in total. The van der Waals surface area contributed by atoms with Gasteiger partial charge in [0.1, 0.15) is 0 Å². The zero-order valence-corrected chi connectivity index (χ0v) is 13.2. The zero-order chi connectivity index (χ0) is 14.2. The summed E-state index contributed by atoms with van der Waals surface area (Å²) in [4.78, 5) is 0. The minimum atomic E-state index is 0.833. The monoisotopic (exact) mass is 248 g/mol. The van der Waals surface area contributed by atoms with Crippen LogP contribution in [0.1, 0.15) is 54.4 Å². The molecule has 0 nitrogen and oxygen atoms in total. The second-order valence-electron chi connectivity index (χ2n) is 5.65. The quantitative estimate of drug-likeness (QED) is 0.470. The molecule has 2 aliphatic carbocycles. The van der Waals surface area contributed by atoms with Gasteiger partial charge in [-0.05, 0) is 24.7 Å². The molecule has 0 spiro atoms. The van der Waals surface area contributed by atoms with E-state index >= 15 is 0 Å². The molecule has 0 aliphatic heterocycles. The van der Waals surface area contributed by atoms with Crippen molar-refractivity contribution in [2.24, 2.45) is 11.8 Å². The third kappa shape index (κ3) is 36.3. The number of hydrogen-bond donors (Lipinski definition) is 0. The Morgan fingerprint density at radius 2 is 0.667 bits per heavy atom. The molecule has 0 fully saturated rings. The van der Waals surface area contributed by atoms with Gasteiger partial charge in [0, 0.05) is 0 Å². The second kappa shape index (κ2) is 16.0. The van der Waals surface area contributed by atoms with Crippen LogP contribution in [0.3, 0.4) is 0 Å². The molecule has 0 bridgehead atoms. The fourth-order valence-electron chi connectivity index (χ4n) is 0.786. The van der Waals surface area contributed by atoms with Gasteiger partial charge in [-0.2, -0.15) is 0 Å². The molecule has 0 atom stereocenters. The fraction of sp³-hybridized carbons (Fsp3) is 0.556. The summed E-state index contributed by atoms with van der Waals surface area (Å²) in [5.74, 6) is 1.67. The van der Waals surface area contributed by atoms with Crippen molar-refractivity contribution in [3.63, 3.8) is 0 Å². The average molecular weight is 248 g/mol. The van der Waals surface area contributed by atoms with E-state index in [0.29, 0.717) is 0 Å². The van der Waals surface area contributed by atoms with Gasteiger partial charge in [0.25, 0.3) is 0 Å². The molecule has 2 aliphatic rings. The van der Waals surface area contributed by atoms with Crippen LogP contribution in [0.2, 0.25) is 0 Å².